The summed E-state index contributed by atoms with van der Waals surface area (Å²) >= 11 is 1.56. The lowest BCUT2D eigenvalue weighted by Crippen LogP contribution is -2.03. The van der Waals surface area contributed by atoms with Crippen LogP contribution >= 0.6 is 18.7 Å². The third-order valence-corrected chi connectivity index (χ3v) is 5.48. The number of hydrogen-bond donors (Lipinski definition) is 1. The van der Waals surface area contributed by atoms with Crippen LogP contribution in [0.25, 0.3) is 0 Å². The fourth-order valence-electron chi connectivity index (χ4n) is 1.78. The van der Waals surface area contributed by atoms with Crippen LogP contribution in [0.15, 0.2) is 17.5 Å². The first-order chi connectivity index (χ1) is 7.03. The molecule has 0 aliphatic carbocycles. The normalized spacial score (nSPS) is 17.3. The summed E-state index contributed by atoms with van der Waals surface area (Å²) in [4.78, 5) is 10.9. The Balaban J connectivity index is 2.48. The minimum Gasteiger partial charge on any atom is -0.344 e. The van der Waals surface area contributed by atoms with Crippen LogP contribution in [-0.4, -0.2) is 11.1 Å². The first-order valence-corrected chi connectivity index (χ1v) is 8.27. The molecule has 1 rings (SSSR count). The zero-order chi connectivity index (χ0) is 11.3. The standard InChI is InChI=1S/C11H19O2PS/c1-3-5-10(2)8-14(12,13)9-11-6-4-7-15-11/h4,6-7,10H,3,5,8-9H2,1-2H3,(H,12,13). The summed E-state index contributed by atoms with van der Waals surface area (Å²) in [5, 5.41) is 1.95. The Hall–Kier alpha value is -0.110. The van der Waals surface area contributed by atoms with E-state index in [-0.39, 0.29) is 0 Å². The summed E-state index contributed by atoms with van der Waals surface area (Å²) in [5.74, 6) is 0.353. The molecule has 0 saturated carbocycles. The number of hydrogen-bond acceptors (Lipinski definition) is 2. The quantitative estimate of drug-likeness (QED) is 0.771. The van der Waals surface area contributed by atoms with Gasteiger partial charge in [0, 0.05) is 11.0 Å². The van der Waals surface area contributed by atoms with E-state index in [0.717, 1.165) is 17.7 Å². The van der Waals surface area contributed by atoms with Gasteiger partial charge in [-0.3, -0.25) is 4.57 Å². The van der Waals surface area contributed by atoms with Crippen LogP contribution in [0.2, 0.25) is 0 Å². The third kappa shape index (κ3) is 4.96. The number of thiophene rings is 1. The van der Waals surface area contributed by atoms with Gasteiger partial charge in [-0.15, -0.1) is 11.3 Å². The summed E-state index contributed by atoms with van der Waals surface area (Å²) in [6.07, 6.45) is 2.92. The highest BCUT2D eigenvalue weighted by Gasteiger charge is 2.22. The maximum absolute atomic E-state index is 11.9. The van der Waals surface area contributed by atoms with Gasteiger partial charge in [0.2, 0.25) is 7.37 Å². The summed E-state index contributed by atoms with van der Waals surface area (Å²) in [6.45, 7) is 4.17. The molecular formula is C11H19O2PS. The third-order valence-electron chi connectivity index (χ3n) is 2.36. The van der Waals surface area contributed by atoms with Gasteiger partial charge >= 0.3 is 0 Å². The Morgan fingerprint density at radius 1 is 1.60 bits per heavy atom. The van der Waals surface area contributed by atoms with Crippen molar-refractivity contribution in [2.24, 2.45) is 5.92 Å². The van der Waals surface area contributed by atoms with Gasteiger partial charge in [-0.2, -0.15) is 0 Å². The molecule has 0 spiro atoms. The molecule has 0 radical (unpaired) electrons. The molecule has 2 nitrogen and oxygen atoms in total. The van der Waals surface area contributed by atoms with Gasteiger partial charge in [0.05, 0.1) is 6.16 Å². The van der Waals surface area contributed by atoms with Crippen LogP contribution in [0.3, 0.4) is 0 Å². The van der Waals surface area contributed by atoms with Gasteiger partial charge in [-0.25, -0.2) is 0 Å². The van der Waals surface area contributed by atoms with Gasteiger partial charge in [0.25, 0.3) is 0 Å². The Morgan fingerprint density at radius 3 is 2.87 bits per heavy atom. The van der Waals surface area contributed by atoms with Crippen LogP contribution in [0, 0.1) is 5.92 Å². The Kier molecular flexibility index (Phi) is 5.04. The van der Waals surface area contributed by atoms with Crippen molar-refractivity contribution in [3.05, 3.63) is 22.4 Å². The largest absolute Gasteiger partial charge is 0.344 e. The molecule has 0 saturated heterocycles. The van der Waals surface area contributed by atoms with Crippen molar-refractivity contribution >= 4 is 18.7 Å². The second-order valence-corrected chi connectivity index (χ2v) is 7.57. The van der Waals surface area contributed by atoms with E-state index in [1.807, 2.05) is 17.5 Å². The van der Waals surface area contributed by atoms with Crippen LogP contribution < -0.4 is 0 Å². The van der Waals surface area contributed by atoms with Crippen molar-refractivity contribution in [1.82, 2.24) is 0 Å². The topological polar surface area (TPSA) is 37.3 Å². The van der Waals surface area contributed by atoms with Gasteiger partial charge < -0.3 is 4.89 Å². The van der Waals surface area contributed by atoms with Gasteiger partial charge in [0.1, 0.15) is 0 Å². The lowest BCUT2D eigenvalue weighted by molar-refractivity contribution is 0.457. The van der Waals surface area contributed by atoms with E-state index in [1.54, 1.807) is 11.3 Å². The highest BCUT2D eigenvalue weighted by molar-refractivity contribution is 7.57. The molecule has 0 aromatic carbocycles. The van der Waals surface area contributed by atoms with Crippen LogP contribution in [-0.2, 0) is 10.7 Å². The molecule has 1 aromatic rings. The predicted octanol–water partition coefficient (Wildman–Crippen LogP) is 3.95. The summed E-state index contributed by atoms with van der Waals surface area (Å²) in [5.41, 5.74) is 0. The maximum Gasteiger partial charge on any atom is 0.205 e. The maximum atomic E-state index is 11.9. The zero-order valence-corrected chi connectivity index (χ0v) is 11.1. The molecule has 86 valence electrons. The number of rotatable bonds is 6. The average molecular weight is 246 g/mol. The monoisotopic (exact) mass is 246 g/mol. The van der Waals surface area contributed by atoms with Crippen LogP contribution in [0.1, 0.15) is 31.6 Å². The molecule has 0 bridgehead atoms. The van der Waals surface area contributed by atoms with E-state index in [1.165, 1.54) is 0 Å². The second kappa shape index (κ2) is 5.83. The summed E-state index contributed by atoms with van der Waals surface area (Å²) in [7, 11) is -2.96. The summed E-state index contributed by atoms with van der Waals surface area (Å²) in [6, 6.07) is 3.85. The van der Waals surface area contributed by atoms with Crippen molar-refractivity contribution in [1.29, 1.82) is 0 Å². The molecule has 1 aromatic heterocycles. The minimum absolute atomic E-state index is 0.346. The smallest absolute Gasteiger partial charge is 0.205 e. The fourth-order valence-corrected chi connectivity index (χ4v) is 5.05. The second-order valence-electron chi connectivity index (χ2n) is 4.16. The predicted molar refractivity (Wildman–Crippen MR) is 66.8 cm³/mol. The first kappa shape index (κ1) is 13.0. The molecule has 0 amide bonds. The van der Waals surface area contributed by atoms with E-state index >= 15 is 0 Å². The lowest BCUT2D eigenvalue weighted by atomic mass is 10.1. The van der Waals surface area contributed by atoms with E-state index in [0.29, 0.717) is 18.2 Å². The Morgan fingerprint density at radius 2 is 2.33 bits per heavy atom. The Labute approximate surface area is 95.8 Å². The highest BCUT2D eigenvalue weighted by atomic mass is 32.1. The van der Waals surface area contributed by atoms with E-state index in [4.69, 9.17) is 0 Å². The molecular weight excluding hydrogens is 227 g/mol. The zero-order valence-electron chi connectivity index (χ0n) is 9.35. The highest BCUT2D eigenvalue weighted by Crippen LogP contribution is 2.47. The molecule has 0 fully saturated rings. The summed E-state index contributed by atoms with van der Waals surface area (Å²) < 4.78 is 11.9. The molecule has 2 atom stereocenters. The molecule has 2 unspecified atom stereocenters. The van der Waals surface area contributed by atoms with E-state index in [9.17, 15) is 9.46 Å². The van der Waals surface area contributed by atoms with Crippen molar-refractivity contribution in [2.75, 3.05) is 6.16 Å². The molecule has 1 N–H and O–H groups in total. The van der Waals surface area contributed by atoms with Gasteiger partial charge in [0.15, 0.2) is 0 Å². The molecule has 4 heteroatoms. The van der Waals surface area contributed by atoms with Crippen LogP contribution in [0.4, 0.5) is 0 Å². The van der Waals surface area contributed by atoms with E-state index in [2.05, 4.69) is 13.8 Å². The van der Waals surface area contributed by atoms with Crippen molar-refractivity contribution in [2.45, 2.75) is 32.9 Å². The van der Waals surface area contributed by atoms with Crippen molar-refractivity contribution < 1.29 is 9.46 Å². The van der Waals surface area contributed by atoms with Crippen LogP contribution in [0.5, 0.6) is 0 Å². The molecule has 1 heterocycles. The Bertz CT molecular complexity index is 321. The van der Waals surface area contributed by atoms with Gasteiger partial charge in [-0.1, -0.05) is 32.8 Å². The fraction of sp³-hybridized carbons (Fsp3) is 0.636. The van der Waals surface area contributed by atoms with E-state index < -0.39 is 7.37 Å². The molecule has 15 heavy (non-hydrogen) atoms. The van der Waals surface area contributed by atoms with Gasteiger partial charge in [-0.05, 0) is 17.4 Å². The minimum atomic E-state index is -2.96. The first-order valence-electron chi connectivity index (χ1n) is 5.36. The lowest BCUT2D eigenvalue weighted by Gasteiger charge is -2.15. The average Bonchev–Trinajstić information content (AvgIpc) is 2.54. The van der Waals surface area contributed by atoms with Crippen molar-refractivity contribution in [3.8, 4) is 0 Å². The molecule has 0 aliphatic rings. The SMILES string of the molecule is CCCC(C)CP(=O)(O)Cc1cccs1. The molecule has 0 aliphatic heterocycles. The van der Waals surface area contributed by atoms with Crippen molar-refractivity contribution in [3.63, 3.8) is 0 Å².